The van der Waals surface area contributed by atoms with Crippen LogP contribution < -0.4 is 15.4 Å². The molecule has 5 nitrogen and oxygen atoms in total. The van der Waals surface area contributed by atoms with Crippen LogP contribution in [0, 0.1) is 5.92 Å². The van der Waals surface area contributed by atoms with Crippen molar-refractivity contribution in [2.24, 2.45) is 11.7 Å². The fourth-order valence-corrected chi connectivity index (χ4v) is 1.92. The zero-order valence-electron chi connectivity index (χ0n) is 9.76. The molecule has 0 aliphatic heterocycles. The van der Waals surface area contributed by atoms with Gasteiger partial charge in [-0.15, -0.1) is 0 Å². The summed E-state index contributed by atoms with van der Waals surface area (Å²) in [6.45, 7) is 0.653. The molecular formula is C11H18N4O. The van der Waals surface area contributed by atoms with Gasteiger partial charge in [-0.25, -0.2) is 0 Å². The molecular weight excluding hydrogens is 204 g/mol. The van der Waals surface area contributed by atoms with E-state index in [1.165, 1.54) is 12.8 Å². The first kappa shape index (κ1) is 11.1. The fourth-order valence-electron chi connectivity index (χ4n) is 1.92. The van der Waals surface area contributed by atoms with Gasteiger partial charge in [0.15, 0.2) is 5.82 Å². The van der Waals surface area contributed by atoms with Gasteiger partial charge in [0.2, 0.25) is 5.88 Å². The van der Waals surface area contributed by atoms with Gasteiger partial charge in [0.1, 0.15) is 0 Å². The van der Waals surface area contributed by atoms with Crippen LogP contribution in [0.2, 0.25) is 0 Å². The second-order valence-electron chi connectivity index (χ2n) is 4.17. The Morgan fingerprint density at radius 1 is 1.56 bits per heavy atom. The van der Waals surface area contributed by atoms with Crippen molar-refractivity contribution in [2.75, 3.05) is 25.6 Å². The van der Waals surface area contributed by atoms with Crippen molar-refractivity contribution in [3.63, 3.8) is 0 Å². The lowest BCUT2D eigenvalue weighted by atomic mass is 10.1. The molecule has 2 N–H and O–H groups in total. The van der Waals surface area contributed by atoms with Crippen LogP contribution in [0.25, 0.3) is 0 Å². The number of nitrogens with zero attached hydrogens (tertiary/aromatic N) is 3. The van der Waals surface area contributed by atoms with Gasteiger partial charge < -0.3 is 15.4 Å². The molecule has 1 fully saturated rings. The number of hydrogen-bond acceptors (Lipinski definition) is 5. The highest BCUT2D eigenvalue weighted by Crippen LogP contribution is 2.35. The summed E-state index contributed by atoms with van der Waals surface area (Å²) < 4.78 is 5.06. The zero-order chi connectivity index (χ0) is 11.5. The summed E-state index contributed by atoms with van der Waals surface area (Å²) in [7, 11) is 3.61. The topological polar surface area (TPSA) is 64.3 Å². The van der Waals surface area contributed by atoms with Crippen molar-refractivity contribution in [1.29, 1.82) is 0 Å². The Kier molecular flexibility index (Phi) is 3.24. The van der Waals surface area contributed by atoms with Crippen LogP contribution in [0.15, 0.2) is 12.4 Å². The third-order valence-corrected chi connectivity index (χ3v) is 3.08. The molecule has 0 bridgehead atoms. The normalized spacial score (nSPS) is 16.9. The average Bonchev–Trinajstić information content (AvgIpc) is 3.14. The Balaban J connectivity index is 2.14. The summed E-state index contributed by atoms with van der Waals surface area (Å²) in [5.41, 5.74) is 5.80. The summed E-state index contributed by atoms with van der Waals surface area (Å²) in [5.74, 6) is 2.07. The molecule has 0 saturated heterocycles. The number of methoxy groups -OCH3 is 1. The van der Waals surface area contributed by atoms with Crippen LogP contribution in [0.3, 0.4) is 0 Å². The van der Waals surface area contributed by atoms with E-state index in [0.29, 0.717) is 24.4 Å². The smallest absolute Gasteiger partial charge is 0.233 e. The average molecular weight is 222 g/mol. The van der Waals surface area contributed by atoms with Crippen molar-refractivity contribution >= 4 is 5.82 Å². The Bertz CT molecular complexity index is 354. The van der Waals surface area contributed by atoms with Gasteiger partial charge in [-0.3, -0.25) is 4.98 Å². The molecule has 0 amide bonds. The van der Waals surface area contributed by atoms with Crippen LogP contribution >= 0.6 is 0 Å². The molecule has 1 aromatic heterocycles. The summed E-state index contributed by atoms with van der Waals surface area (Å²) in [5, 5.41) is 0. The van der Waals surface area contributed by atoms with Gasteiger partial charge in [-0.05, 0) is 18.8 Å². The molecule has 1 aliphatic carbocycles. The molecule has 88 valence electrons. The van der Waals surface area contributed by atoms with E-state index in [-0.39, 0.29) is 0 Å². The molecule has 1 unspecified atom stereocenters. The van der Waals surface area contributed by atoms with Crippen molar-refractivity contribution < 1.29 is 4.74 Å². The van der Waals surface area contributed by atoms with Gasteiger partial charge >= 0.3 is 0 Å². The molecule has 16 heavy (non-hydrogen) atoms. The number of rotatable bonds is 5. The Morgan fingerprint density at radius 3 is 2.88 bits per heavy atom. The van der Waals surface area contributed by atoms with Crippen molar-refractivity contribution in [3.8, 4) is 5.88 Å². The molecule has 0 aromatic carbocycles. The van der Waals surface area contributed by atoms with E-state index in [2.05, 4.69) is 14.9 Å². The fraction of sp³-hybridized carbons (Fsp3) is 0.636. The third-order valence-electron chi connectivity index (χ3n) is 3.08. The molecule has 2 rings (SSSR count). The summed E-state index contributed by atoms with van der Waals surface area (Å²) in [6, 6.07) is 0.362. The predicted molar refractivity (Wildman–Crippen MR) is 62.6 cm³/mol. The maximum Gasteiger partial charge on any atom is 0.233 e. The largest absolute Gasteiger partial charge is 0.480 e. The quantitative estimate of drug-likeness (QED) is 0.792. The van der Waals surface area contributed by atoms with Crippen LogP contribution in [0.4, 0.5) is 5.82 Å². The number of ether oxygens (including phenoxy) is 1. The van der Waals surface area contributed by atoms with Crippen molar-refractivity contribution in [3.05, 3.63) is 12.4 Å². The van der Waals surface area contributed by atoms with Crippen LogP contribution in [0.5, 0.6) is 5.88 Å². The van der Waals surface area contributed by atoms with Gasteiger partial charge in [0.25, 0.3) is 0 Å². The third kappa shape index (κ3) is 2.24. The lowest BCUT2D eigenvalue weighted by Crippen LogP contribution is -2.40. The summed E-state index contributed by atoms with van der Waals surface area (Å²) in [4.78, 5) is 10.6. The van der Waals surface area contributed by atoms with E-state index in [9.17, 15) is 0 Å². The van der Waals surface area contributed by atoms with Crippen LogP contribution in [0.1, 0.15) is 12.8 Å². The number of likely N-dealkylation sites (N-methyl/N-ethyl adjacent to an activating group) is 1. The minimum absolute atomic E-state index is 0.362. The van der Waals surface area contributed by atoms with Crippen LogP contribution in [-0.4, -0.2) is 36.7 Å². The summed E-state index contributed by atoms with van der Waals surface area (Å²) in [6.07, 6.45) is 5.88. The second kappa shape index (κ2) is 4.65. The Hall–Kier alpha value is -1.36. The minimum atomic E-state index is 0.362. The first-order valence-corrected chi connectivity index (χ1v) is 5.55. The van der Waals surface area contributed by atoms with Gasteiger partial charge in [0.05, 0.1) is 19.5 Å². The molecule has 0 radical (unpaired) electrons. The van der Waals surface area contributed by atoms with Crippen LogP contribution in [-0.2, 0) is 0 Å². The zero-order valence-corrected chi connectivity index (χ0v) is 9.76. The monoisotopic (exact) mass is 222 g/mol. The Labute approximate surface area is 95.6 Å². The minimum Gasteiger partial charge on any atom is -0.480 e. The second-order valence-corrected chi connectivity index (χ2v) is 4.17. The van der Waals surface area contributed by atoms with Crippen molar-refractivity contribution in [2.45, 2.75) is 18.9 Å². The molecule has 1 atom stereocenters. The van der Waals surface area contributed by atoms with E-state index in [4.69, 9.17) is 10.5 Å². The van der Waals surface area contributed by atoms with E-state index >= 15 is 0 Å². The molecule has 1 heterocycles. The van der Waals surface area contributed by atoms with E-state index < -0.39 is 0 Å². The molecule has 1 aromatic rings. The lowest BCUT2D eigenvalue weighted by molar-refractivity contribution is 0.395. The Morgan fingerprint density at radius 2 is 2.31 bits per heavy atom. The highest BCUT2D eigenvalue weighted by molar-refractivity contribution is 5.38. The van der Waals surface area contributed by atoms with E-state index in [0.717, 1.165) is 5.82 Å². The maximum absolute atomic E-state index is 5.80. The van der Waals surface area contributed by atoms with E-state index in [1.807, 2.05) is 7.05 Å². The lowest BCUT2D eigenvalue weighted by Gasteiger charge is -2.27. The predicted octanol–water partition coefficient (Wildman–Crippen LogP) is 0.659. The molecule has 1 aliphatic rings. The number of aromatic nitrogens is 2. The number of nitrogens with two attached hydrogens (primary N) is 1. The molecule has 1 saturated carbocycles. The van der Waals surface area contributed by atoms with Gasteiger partial charge in [0, 0.05) is 19.6 Å². The number of hydrogen-bond donors (Lipinski definition) is 1. The number of anilines is 1. The van der Waals surface area contributed by atoms with Gasteiger partial charge in [-0.2, -0.15) is 4.98 Å². The molecule has 0 spiro atoms. The first-order chi connectivity index (χ1) is 7.76. The highest BCUT2D eigenvalue weighted by Gasteiger charge is 2.33. The van der Waals surface area contributed by atoms with E-state index in [1.54, 1.807) is 19.5 Å². The highest BCUT2D eigenvalue weighted by atomic mass is 16.5. The maximum atomic E-state index is 5.80. The standard InChI is InChI=1S/C11H18N4O/c1-15(9(5-12)8-3-4-8)10-6-13-7-11(14-10)16-2/h6-9H,3-5,12H2,1-2H3. The first-order valence-electron chi connectivity index (χ1n) is 5.55. The van der Waals surface area contributed by atoms with Gasteiger partial charge in [-0.1, -0.05) is 0 Å². The molecule has 5 heteroatoms. The SMILES string of the molecule is COc1cncc(N(C)C(CN)C2CC2)n1. The van der Waals surface area contributed by atoms with Crippen molar-refractivity contribution in [1.82, 2.24) is 9.97 Å². The summed E-state index contributed by atoms with van der Waals surface area (Å²) >= 11 is 0.